The average Bonchev–Trinajstić information content (AvgIpc) is 2.36. The van der Waals surface area contributed by atoms with Gasteiger partial charge in [0.25, 0.3) is 0 Å². The fourth-order valence-corrected chi connectivity index (χ4v) is 2.07. The minimum absolute atomic E-state index is 0.687. The lowest BCUT2D eigenvalue weighted by molar-refractivity contribution is 0.253. The highest BCUT2D eigenvalue weighted by Crippen LogP contribution is 2.12. The van der Waals surface area contributed by atoms with E-state index in [1.807, 2.05) is 12.1 Å². The predicted octanol–water partition coefficient (Wildman–Crippen LogP) is 2.15. The summed E-state index contributed by atoms with van der Waals surface area (Å²) in [6.07, 6.45) is 1.07. The van der Waals surface area contributed by atoms with Crippen molar-refractivity contribution in [1.29, 1.82) is 0 Å². The van der Waals surface area contributed by atoms with Gasteiger partial charge >= 0.3 is 0 Å². The topological polar surface area (TPSA) is 38.5 Å². The van der Waals surface area contributed by atoms with Crippen LogP contribution in [0, 0.1) is 5.92 Å². The van der Waals surface area contributed by atoms with E-state index in [1.165, 1.54) is 5.56 Å². The van der Waals surface area contributed by atoms with E-state index >= 15 is 0 Å². The standard InChI is InChI=1S/C15H26N2O/c1-13(2)12-17(11-9-16)10-8-14-4-6-15(18-3)7-5-14/h4-7,13H,8-12,16H2,1-3H3. The summed E-state index contributed by atoms with van der Waals surface area (Å²) in [5.41, 5.74) is 7.00. The first kappa shape index (κ1) is 15.0. The lowest BCUT2D eigenvalue weighted by Gasteiger charge is -2.23. The molecule has 0 aliphatic heterocycles. The lowest BCUT2D eigenvalue weighted by atomic mass is 10.1. The number of hydrogen-bond acceptors (Lipinski definition) is 3. The van der Waals surface area contributed by atoms with Crippen LogP contribution in [0.3, 0.4) is 0 Å². The van der Waals surface area contributed by atoms with Gasteiger partial charge in [-0.2, -0.15) is 0 Å². The third-order valence-corrected chi connectivity index (χ3v) is 2.94. The fourth-order valence-electron chi connectivity index (χ4n) is 2.07. The Morgan fingerprint density at radius 1 is 1.17 bits per heavy atom. The molecule has 1 rings (SSSR count). The Balaban J connectivity index is 2.44. The van der Waals surface area contributed by atoms with Crippen LogP contribution in [0.2, 0.25) is 0 Å². The first-order chi connectivity index (χ1) is 8.65. The maximum Gasteiger partial charge on any atom is 0.118 e. The third-order valence-electron chi connectivity index (χ3n) is 2.94. The Morgan fingerprint density at radius 3 is 2.33 bits per heavy atom. The number of benzene rings is 1. The molecule has 0 aliphatic carbocycles. The first-order valence-corrected chi connectivity index (χ1v) is 6.71. The van der Waals surface area contributed by atoms with Crippen molar-refractivity contribution in [2.24, 2.45) is 11.7 Å². The van der Waals surface area contributed by atoms with Crippen molar-refractivity contribution in [2.45, 2.75) is 20.3 Å². The van der Waals surface area contributed by atoms with Gasteiger partial charge in [0.1, 0.15) is 5.75 Å². The molecule has 2 N–H and O–H groups in total. The number of nitrogens with two attached hydrogens (primary N) is 1. The number of rotatable bonds is 8. The van der Waals surface area contributed by atoms with Gasteiger partial charge in [0, 0.05) is 26.2 Å². The van der Waals surface area contributed by atoms with Crippen LogP contribution in [-0.2, 0) is 6.42 Å². The highest BCUT2D eigenvalue weighted by molar-refractivity contribution is 5.27. The van der Waals surface area contributed by atoms with Crippen LogP contribution in [0.15, 0.2) is 24.3 Å². The quantitative estimate of drug-likeness (QED) is 0.768. The summed E-state index contributed by atoms with van der Waals surface area (Å²) in [6, 6.07) is 8.31. The Bertz CT molecular complexity index is 322. The van der Waals surface area contributed by atoms with Crippen LogP contribution < -0.4 is 10.5 Å². The van der Waals surface area contributed by atoms with Gasteiger partial charge < -0.3 is 15.4 Å². The zero-order chi connectivity index (χ0) is 13.4. The predicted molar refractivity (Wildman–Crippen MR) is 77.0 cm³/mol. The molecule has 0 bridgehead atoms. The van der Waals surface area contributed by atoms with Gasteiger partial charge in [-0.3, -0.25) is 0 Å². The molecule has 0 atom stereocenters. The molecule has 1 aromatic rings. The highest BCUT2D eigenvalue weighted by Gasteiger charge is 2.06. The molecule has 18 heavy (non-hydrogen) atoms. The van der Waals surface area contributed by atoms with Gasteiger partial charge in [0.05, 0.1) is 7.11 Å². The van der Waals surface area contributed by atoms with E-state index in [9.17, 15) is 0 Å². The SMILES string of the molecule is COc1ccc(CCN(CCN)CC(C)C)cc1. The number of methoxy groups -OCH3 is 1. The van der Waals surface area contributed by atoms with E-state index in [1.54, 1.807) is 7.11 Å². The first-order valence-electron chi connectivity index (χ1n) is 6.71. The molecule has 0 fully saturated rings. The summed E-state index contributed by atoms with van der Waals surface area (Å²) < 4.78 is 5.16. The van der Waals surface area contributed by atoms with E-state index in [4.69, 9.17) is 10.5 Å². The van der Waals surface area contributed by atoms with E-state index < -0.39 is 0 Å². The van der Waals surface area contributed by atoms with Crippen molar-refractivity contribution in [3.8, 4) is 5.75 Å². The maximum absolute atomic E-state index is 5.65. The largest absolute Gasteiger partial charge is 0.497 e. The third kappa shape index (κ3) is 5.52. The molecule has 0 radical (unpaired) electrons. The molecule has 0 aliphatic rings. The molecule has 0 saturated carbocycles. The average molecular weight is 250 g/mol. The molecule has 0 saturated heterocycles. The zero-order valence-electron chi connectivity index (χ0n) is 11.9. The minimum Gasteiger partial charge on any atom is -0.497 e. The van der Waals surface area contributed by atoms with Crippen molar-refractivity contribution >= 4 is 0 Å². The molecule has 0 amide bonds. The number of hydrogen-bond donors (Lipinski definition) is 1. The van der Waals surface area contributed by atoms with Gasteiger partial charge in [-0.1, -0.05) is 26.0 Å². The van der Waals surface area contributed by atoms with Crippen molar-refractivity contribution < 1.29 is 4.74 Å². The van der Waals surface area contributed by atoms with E-state index in [0.29, 0.717) is 5.92 Å². The summed E-state index contributed by atoms with van der Waals surface area (Å²) >= 11 is 0. The molecule has 3 heteroatoms. The second-order valence-corrected chi connectivity index (χ2v) is 5.08. The summed E-state index contributed by atoms with van der Waals surface area (Å²) in [7, 11) is 1.70. The van der Waals surface area contributed by atoms with E-state index in [0.717, 1.165) is 38.3 Å². The maximum atomic E-state index is 5.65. The van der Waals surface area contributed by atoms with Crippen molar-refractivity contribution in [3.05, 3.63) is 29.8 Å². The second-order valence-electron chi connectivity index (χ2n) is 5.08. The Morgan fingerprint density at radius 2 is 1.83 bits per heavy atom. The Kier molecular flexibility index (Phi) is 6.76. The summed E-state index contributed by atoms with van der Waals surface area (Å²) in [6.45, 7) is 8.40. The summed E-state index contributed by atoms with van der Waals surface area (Å²) in [5.74, 6) is 1.60. The highest BCUT2D eigenvalue weighted by atomic mass is 16.5. The fraction of sp³-hybridized carbons (Fsp3) is 0.600. The van der Waals surface area contributed by atoms with Gasteiger partial charge in [-0.15, -0.1) is 0 Å². The van der Waals surface area contributed by atoms with Crippen LogP contribution in [0.25, 0.3) is 0 Å². The van der Waals surface area contributed by atoms with Crippen LogP contribution in [0.4, 0.5) is 0 Å². The molecule has 0 aromatic heterocycles. The smallest absolute Gasteiger partial charge is 0.118 e. The zero-order valence-corrected chi connectivity index (χ0v) is 11.9. The normalized spacial score (nSPS) is 11.2. The van der Waals surface area contributed by atoms with Gasteiger partial charge in [-0.05, 0) is 30.0 Å². The molecule has 0 heterocycles. The molecular formula is C15H26N2O. The second kappa shape index (κ2) is 8.11. The lowest BCUT2D eigenvalue weighted by Crippen LogP contribution is -2.34. The molecule has 0 spiro atoms. The van der Waals surface area contributed by atoms with Crippen molar-refractivity contribution in [2.75, 3.05) is 33.3 Å². The van der Waals surface area contributed by atoms with Crippen LogP contribution in [0.5, 0.6) is 5.75 Å². The number of nitrogens with zero attached hydrogens (tertiary/aromatic N) is 1. The van der Waals surface area contributed by atoms with Crippen LogP contribution in [0.1, 0.15) is 19.4 Å². The molecule has 0 unspecified atom stereocenters. The van der Waals surface area contributed by atoms with Gasteiger partial charge in [0.15, 0.2) is 0 Å². The Hall–Kier alpha value is -1.06. The molecule has 102 valence electrons. The minimum atomic E-state index is 0.687. The molecule has 1 aromatic carbocycles. The van der Waals surface area contributed by atoms with E-state index in [-0.39, 0.29) is 0 Å². The van der Waals surface area contributed by atoms with Crippen molar-refractivity contribution in [1.82, 2.24) is 4.90 Å². The molecular weight excluding hydrogens is 224 g/mol. The number of ether oxygens (including phenoxy) is 1. The van der Waals surface area contributed by atoms with Gasteiger partial charge in [0.2, 0.25) is 0 Å². The summed E-state index contributed by atoms with van der Waals surface area (Å²) in [4.78, 5) is 2.44. The summed E-state index contributed by atoms with van der Waals surface area (Å²) in [5, 5.41) is 0. The van der Waals surface area contributed by atoms with Crippen LogP contribution >= 0.6 is 0 Å². The van der Waals surface area contributed by atoms with Crippen LogP contribution in [-0.4, -0.2) is 38.2 Å². The van der Waals surface area contributed by atoms with Crippen molar-refractivity contribution in [3.63, 3.8) is 0 Å². The van der Waals surface area contributed by atoms with Gasteiger partial charge in [-0.25, -0.2) is 0 Å². The Labute approximate surface area is 111 Å². The molecule has 3 nitrogen and oxygen atoms in total. The monoisotopic (exact) mass is 250 g/mol. The van der Waals surface area contributed by atoms with E-state index in [2.05, 4.69) is 30.9 Å².